The second kappa shape index (κ2) is 6.21. The first-order valence-corrected chi connectivity index (χ1v) is 8.33. The molecular weight excluding hydrogens is 322 g/mol. The Kier molecular flexibility index (Phi) is 4.27. The lowest BCUT2D eigenvalue weighted by molar-refractivity contribution is 0.101. The number of hydrogen-bond donors (Lipinski definition) is 3. The van der Waals surface area contributed by atoms with Crippen molar-refractivity contribution in [2.45, 2.75) is 17.7 Å². The Morgan fingerprint density at radius 3 is 2.91 bits per heavy atom. The molecule has 8 heteroatoms. The molecule has 1 aromatic heterocycles. The number of anilines is 1. The van der Waals surface area contributed by atoms with E-state index in [4.69, 9.17) is 4.78 Å². The van der Waals surface area contributed by atoms with Crippen molar-refractivity contribution < 1.29 is 13.6 Å². The van der Waals surface area contributed by atoms with Crippen LogP contribution in [-0.4, -0.2) is 17.0 Å². The number of fused-ring (bicyclic) bond motifs is 1. The second-order valence-corrected chi connectivity index (χ2v) is 6.66. The first-order chi connectivity index (χ1) is 11.0. The Hall–Kier alpha value is -2.06. The molecule has 2 heterocycles. The minimum atomic E-state index is -1.01. The van der Waals surface area contributed by atoms with Crippen LogP contribution in [0.3, 0.4) is 0 Å². The van der Waals surface area contributed by atoms with E-state index in [0.717, 1.165) is 35.6 Å². The molecule has 0 radical (unpaired) electrons. The number of hydrogen-bond acceptors (Lipinski definition) is 2. The zero-order valence-corrected chi connectivity index (χ0v) is 13.3. The molecule has 3 N–H and O–H groups in total. The van der Waals surface area contributed by atoms with Crippen molar-refractivity contribution in [3.63, 3.8) is 0 Å². The highest BCUT2D eigenvalue weighted by molar-refractivity contribution is 7.84. The van der Waals surface area contributed by atoms with Gasteiger partial charge in [0.2, 0.25) is 0 Å². The predicted octanol–water partition coefficient (Wildman–Crippen LogP) is 2.75. The number of aryl methyl sites for hydroxylation is 1. The van der Waals surface area contributed by atoms with Crippen molar-refractivity contribution in [1.29, 1.82) is 4.78 Å². The first kappa shape index (κ1) is 15.8. The third kappa shape index (κ3) is 3.04. The summed E-state index contributed by atoms with van der Waals surface area (Å²) in [5.74, 6) is -2.36. The van der Waals surface area contributed by atoms with Crippen LogP contribution in [0.4, 0.5) is 14.5 Å². The second-order valence-electron chi connectivity index (χ2n) is 5.32. The van der Waals surface area contributed by atoms with Crippen LogP contribution >= 0.6 is 0 Å². The maximum atomic E-state index is 13.3. The van der Waals surface area contributed by atoms with Crippen molar-refractivity contribution in [2.24, 2.45) is 7.05 Å². The van der Waals surface area contributed by atoms with Crippen LogP contribution in [0.2, 0.25) is 0 Å². The smallest absolute Gasteiger partial charge is 0.272 e. The number of nitrogens with zero attached hydrogens (tertiary/aromatic N) is 1. The van der Waals surface area contributed by atoms with Gasteiger partial charge in [0.05, 0.1) is 4.90 Å². The quantitative estimate of drug-likeness (QED) is 0.788. The Morgan fingerprint density at radius 2 is 2.17 bits per heavy atom. The molecule has 1 atom stereocenters. The van der Waals surface area contributed by atoms with E-state index in [0.29, 0.717) is 12.1 Å². The molecule has 0 saturated carbocycles. The molecule has 1 amide bonds. The van der Waals surface area contributed by atoms with Gasteiger partial charge in [-0.05, 0) is 41.4 Å². The van der Waals surface area contributed by atoms with Crippen LogP contribution in [-0.2, 0) is 24.3 Å². The molecule has 0 bridgehead atoms. The number of rotatable bonds is 2. The summed E-state index contributed by atoms with van der Waals surface area (Å²) in [6, 6.07) is 3.24. The third-order valence-corrected chi connectivity index (χ3v) is 4.99. The Morgan fingerprint density at radius 1 is 1.39 bits per heavy atom. The van der Waals surface area contributed by atoms with Gasteiger partial charge < -0.3 is 9.88 Å². The lowest BCUT2D eigenvalue weighted by Crippen LogP contribution is -2.17. The molecule has 1 aromatic carbocycles. The summed E-state index contributed by atoms with van der Waals surface area (Å²) in [7, 11) is 0.890. The van der Waals surface area contributed by atoms with Gasteiger partial charge >= 0.3 is 0 Å². The molecular formula is C15H16F2N4OS. The van der Waals surface area contributed by atoms with Gasteiger partial charge in [0.25, 0.3) is 5.91 Å². The summed E-state index contributed by atoms with van der Waals surface area (Å²) in [5.41, 5.74) is 1.49. The molecule has 1 aliphatic heterocycles. The number of amides is 1. The topological polar surface area (TPSA) is 69.9 Å². The lowest BCUT2D eigenvalue weighted by Gasteiger charge is -2.09. The van der Waals surface area contributed by atoms with E-state index in [2.05, 4.69) is 10.0 Å². The van der Waals surface area contributed by atoms with Gasteiger partial charge in [0.1, 0.15) is 5.69 Å². The summed E-state index contributed by atoms with van der Waals surface area (Å²) in [5, 5.41) is 2.59. The summed E-state index contributed by atoms with van der Waals surface area (Å²) < 4.78 is 39.1. The van der Waals surface area contributed by atoms with Crippen molar-refractivity contribution in [3.05, 3.63) is 47.3 Å². The van der Waals surface area contributed by atoms with Gasteiger partial charge in [-0.1, -0.05) is 0 Å². The highest BCUT2D eigenvalue weighted by Gasteiger charge is 2.23. The highest BCUT2D eigenvalue weighted by atomic mass is 32.2. The lowest BCUT2D eigenvalue weighted by atomic mass is 10.1. The zero-order valence-electron chi connectivity index (χ0n) is 12.5. The molecule has 2 aromatic rings. The maximum absolute atomic E-state index is 13.3. The first-order valence-electron chi connectivity index (χ1n) is 7.11. The highest BCUT2D eigenvalue weighted by Crippen LogP contribution is 2.25. The number of carbonyl (C=O) groups is 1. The van der Waals surface area contributed by atoms with Crippen molar-refractivity contribution in [2.75, 3.05) is 11.9 Å². The van der Waals surface area contributed by atoms with E-state index >= 15 is 0 Å². The van der Waals surface area contributed by atoms with E-state index < -0.39 is 28.4 Å². The Labute approximate surface area is 134 Å². The minimum absolute atomic E-state index is 0.195. The largest absolute Gasteiger partial charge is 0.345 e. The van der Waals surface area contributed by atoms with E-state index in [1.807, 2.05) is 0 Å². The molecule has 0 aliphatic carbocycles. The van der Waals surface area contributed by atoms with Crippen LogP contribution in [0, 0.1) is 16.4 Å². The van der Waals surface area contributed by atoms with Crippen molar-refractivity contribution >= 4 is 22.5 Å². The Balaban J connectivity index is 1.93. The van der Waals surface area contributed by atoms with Crippen LogP contribution < -0.4 is 10.0 Å². The summed E-state index contributed by atoms with van der Waals surface area (Å²) in [6.07, 6.45) is 3.32. The zero-order chi connectivity index (χ0) is 16.6. The van der Waals surface area contributed by atoms with Gasteiger partial charge in [0.15, 0.2) is 11.6 Å². The van der Waals surface area contributed by atoms with Gasteiger partial charge in [-0.3, -0.25) is 14.3 Å². The van der Waals surface area contributed by atoms with E-state index in [1.54, 1.807) is 17.8 Å². The summed E-state index contributed by atoms with van der Waals surface area (Å²) in [4.78, 5) is 13.4. The fourth-order valence-electron chi connectivity index (χ4n) is 2.64. The molecule has 3 rings (SSSR count). The van der Waals surface area contributed by atoms with Gasteiger partial charge in [-0.2, -0.15) is 0 Å². The fourth-order valence-corrected chi connectivity index (χ4v) is 3.86. The SMILES string of the molecule is Cn1cc2c(c1C(=O)Nc1ccc(F)c(F)c1)CCCNS2=N. The van der Waals surface area contributed by atoms with Crippen LogP contribution in [0.1, 0.15) is 22.5 Å². The molecule has 122 valence electrons. The average Bonchev–Trinajstić information content (AvgIpc) is 2.74. The third-order valence-electron chi connectivity index (χ3n) is 3.71. The van der Waals surface area contributed by atoms with Gasteiger partial charge in [-0.25, -0.2) is 8.78 Å². The predicted molar refractivity (Wildman–Crippen MR) is 84.4 cm³/mol. The van der Waals surface area contributed by atoms with Gasteiger partial charge in [-0.15, -0.1) is 0 Å². The normalized spacial score (nSPS) is 17.4. The monoisotopic (exact) mass is 338 g/mol. The molecule has 1 unspecified atom stereocenters. The molecule has 1 aliphatic rings. The van der Waals surface area contributed by atoms with E-state index in [-0.39, 0.29) is 5.69 Å². The van der Waals surface area contributed by atoms with Crippen molar-refractivity contribution in [3.8, 4) is 0 Å². The molecule has 5 nitrogen and oxygen atoms in total. The Bertz CT molecular complexity index is 803. The molecule has 0 saturated heterocycles. The molecule has 0 spiro atoms. The van der Waals surface area contributed by atoms with E-state index in [9.17, 15) is 13.6 Å². The number of halogens is 2. The van der Waals surface area contributed by atoms with Crippen LogP contribution in [0.5, 0.6) is 0 Å². The minimum Gasteiger partial charge on any atom is -0.345 e. The number of carbonyl (C=O) groups excluding carboxylic acids is 1. The fraction of sp³-hybridized carbons (Fsp3) is 0.267. The van der Waals surface area contributed by atoms with E-state index in [1.165, 1.54) is 6.07 Å². The summed E-state index contributed by atoms with van der Waals surface area (Å²) in [6.45, 7) is 0.731. The van der Waals surface area contributed by atoms with Crippen LogP contribution in [0.15, 0.2) is 29.3 Å². The molecule has 23 heavy (non-hydrogen) atoms. The number of aromatic nitrogens is 1. The average molecular weight is 338 g/mol. The van der Waals surface area contributed by atoms with Crippen molar-refractivity contribution in [1.82, 2.24) is 9.29 Å². The number of nitrogens with one attached hydrogen (secondary N) is 3. The number of benzene rings is 1. The standard InChI is InChI=1S/C15H16F2N4OS/c1-21-8-13-10(3-2-6-19-23(13)18)14(21)15(22)20-9-4-5-11(16)12(17)7-9/h4-5,7-8H,2-3,6H2,1H3,(H2,18,19)(H,20,22). The molecule has 0 fully saturated rings. The maximum Gasteiger partial charge on any atom is 0.272 e. The van der Waals surface area contributed by atoms with Gasteiger partial charge in [0, 0.05) is 31.5 Å². The van der Waals surface area contributed by atoms with Crippen LogP contribution in [0.25, 0.3) is 0 Å². The summed E-state index contributed by atoms with van der Waals surface area (Å²) >= 11 is 0.